The van der Waals surface area contributed by atoms with Gasteiger partial charge in [-0.1, -0.05) is 33.1 Å². The quantitative estimate of drug-likeness (QED) is 0.758. The lowest BCUT2D eigenvalue weighted by Crippen LogP contribution is -2.50. The number of nitrogens with zero attached hydrogens (tertiary/aromatic N) is 1. The van der Waals surface area contributed by atoms with Crippen LogP contribution in [0.1, 0.15) is 65.2 Å². The van der Waals surface area contributed by atoms with E-state index < -0.39 is 12.0 Å². The molecule has 0 heterocycles. The van der Waals surface area contributed by atoms with E-state index in [1.807, 2.05) is 6.92 Å². The van der Waals surface area contributed by atoms with Crippen molar-refractivity contribution in [1.29, 1.82) is 0 Å². The fraction of sp³-hybridized carbons (Fsp3) is 0.875. The maximum absolute atomic E-state index is 12.2. The second kappa shape index (κ2) is 8.90. The molecule has 1 aliphatic rings. The van der Waals surface area contributed by atoms with Gasteiger partial charge in [-0.05, 0) is 38.0 Å². The third-order valence-electron chi connectivity index (χ3n) is 4.70. The van der Waals surface area contributed by atoms with E-state index in [2.05, 4.69) is 12.2 Å². The molecule has 2 amide bonds. The van der Waals surface area contributed by atoms with Crippen molar-refractivity contribution in [3.8, 4) is 0 Å². The molecule has 0 aliphatic heterocycles. The number of urea groups is 1. The lowest BCUT2D eigenvalue weighted by Gasteiger charge is -2.35. The molecule has 0 aromatic carbocycles. The molecule has 1 aliphatic carbocycles. The summed E-state index contributed by atoms with van der Waals surface area (Å²) in [5, 5.41) is 11.8. The van der Waals surface area contributed by atoms with E-state index in [1.165, 1.54) is 6.42 Å². The van der Waals surface area contributed by atoms with Gasteiger partial charge < -0.3 is 15.3 Å². The number of carbonyl (C=O) groups excluding carboxylic acids is 1. The summed E-state index contributed by atoms with van der Waals surface area (Å²) < 4.78 is 0. The SMILES string of the molecule is CCCC[C@H](NC(=O)N(C)C1CCC(CC)CC1)C(=O)O. The zero-order valence-electron chi connectivity index (χ0n) is 13.6. The second-order valence-electron chi connectivity index (χ2n) is 6.18. The lowest BCUT2D eigenvalue weighted by atomic mass is 9.84. The van der Waals surface area contributed by atoms with Crippen LogP contribution in [0, 0.1) is 5.92 Å². The maximum atomic E-state index is 12.2. The Labute approximate surface area is 128 Å². The van der Waals surface area contributed by atoms with Gasteiger partial charge >= 0.3 is 12.0 Å². The molecule has 2 N–H and O–H groups in total. The van der Waals surface area contributed by atoms with Crippen LogP contribution in [-0.2, 0) is 4.79 Å². The second-order valence-corrected chi connectivity index (χ2v) is 6.18. The largest absolute Gasteiger partial charge is 0.480 e. The van der Waals surface area contributed by atoms with Gasteiger partial charge in [0.1, 0.15) is 6.04 Å². The van der Waals surface area contributed by atoms with Gasteiger partial charge in [0, 0.05) is 13.1 Å². The summed E-state index contributed by atoms with van der Waals surface area (Å²) in [6.45, 7) is 4.23. The molecular formula is C16H30N2O3. The molecule has 1 saturated carbocycles. The normalized spacial score (nSPS) is 23.4. The number of carboxylic acid groups (broad SMARTS) is 1. The van der Waals surface area contributed by atoms with Crippen LogP contribution in [0.5, 0.6) is 0 Å². The van der Waals surface area contributed by atoms with Crippen molar-refractivity contribution in [2.24, 2.45) is 5.92 Å². The van der Waals surface area contributed by atoms with Crippen molar-refractivity contribution in [2.75, 3.05) is 7.05 Å². The van der Waals surface area contributed by atoms with Gasteiger partial charge in [0.2, 0.25) is 0 Å². The first kappa shape index (κ1) is 17.8. The average molecular weight is 298 g/mol. The third-order valence-corrected chi connectivity index (χ3v) is 4.70. The van der Waals surface area contributed by atoms with Crippen molar-refractivity contribution in [2.45, 2.75) is 77.3 Å². The Hall–Kier alpha value is -1.26. The molecule has 1 fully saturated rings. The van der Waals surface area contributed by atoms with Crippen LogP contribution < -0.4 is 5.32 Å². The van der Waals surface area contributed by atoms with E-state index in [-0.39, 0.29) is 12.1 Å². The Morgan fingerprint density at radius 3 is 2.33 bits per heavy atom. The van der Waals surface area contributed by atoms with E-state index in [4.69, 9.17) is 0 Å². The number of nitrogens with one attached hydrogen (secondary N) is 1. The summed E-state index contributed by atoms with van der Waals surface area (Å²) in [5.41, 5.74) is 0. The number of unbranched alkanes of at least 4 members (excludes halogenated alkanes) is 1. The number of rotatable bonds is 7. The number of hydrogen-bond donors (Lipinski definition) is 2. The molecule has 0 radical (unpaired) electrons. The molecule has 1 atom stereocenters. The number of amides is 2. The molecule has 5 nitrogen and oxygen atoms in total. The Balaban J connectivity index is 2.47. The Morgan fingerprint density at radius 1 is 1.24 bits per heavy atom. The summed E-state index contributed by atoms with van der Waals surface area (Å²) >= 11 is 0. The highest BCUT2D eigenvalue weighted by molar-refractivity contribution is 5.82. The summed E-state index contributed by atoms with van der Waals surface area (Å²) in [4.78, 5) is 25.1. The van der Waals surface area contributed by atoms with Crippen molar-refractivity contribution < 1.29 is 14.7 Å². The first-order valence-corrected chi connectivity index (χ1v) is 8.25. The zero-order chi connectivity index (χ0) is 15.8. The van der Waals surface area contributed by atoms with Crippen LogP contribution >= 0.6 is 0 Å². The molecule has 0 aromatic heterocycles. The molecule has 0 unspecified atom stereocenters. The van der Waals surface area contributed by atoms with Crippen molar-refractivity contribution in [3.05, 3.63) is 0 Å². The van der Waals surface area contributed by atoms with Gasteiger partial charge in [0.25, 0.3) is 0 Å². The first-order chi connectivity index (χ1) is 9.99. The smallest absolute Gasteiger partial charge is 0.326 e. The zero-order valence-corrected chi connectivity index (χ0v) is 13.6. The van der Waals surface area contributed by atoms with E-state index in [9.17, 15) is 14.7 Å². The third kappa shape index (κ3) is 5.56. The molecule has 122 valence electrons. The van der Waals surface area contributed by atoms with Crippen molar-refractivity contribution in [1.82, 2.24) is 10.2 Å². The highest BCUT2D eigenvalue weighted by Gasteiger charge is 2.28. The van der Waals surface area contributed by atoms with E-state index in [0.29, 0.717) is 6.42 Å². The predicted molar refractivity (Wildman–Crippen MR) is 83.3 cm³/mol. The minimum Gasteiger partial charge on any atom is -0.480 e. The molecule has 0 saturated heterocycles. The number of carbonyl (C=O) groups is 2. The predicted octanol–water partition coefficient (Wildman–Crippen LogP) is 3.24. The molecular weight excluding hydrogens is 268 g/mol. The van der Waals surface area contributed by atoms with Crippen LogP contribution in [0.15, 0.2) is 0 Å². The van der Waals surface area contributed by atoms with Gasteiger partial charge in [0.05, 0.1) is 0 Å². The van der Waals surface area contributed by atoms with Gasteiger partial charge in [-0.25, -0.2) is 9.59 Å². The average Bonchev–Trinajstić information content (AvgIpc) is 2.50. The topological polar surface area (TPSA) is 69.6 Å². The minimum atomic E-state index is -0.945. The van der Waals surface area contributed by atoms with E-state index in [0.717, 1.165) is 44.4 Å². The first-order valence-electron chi connectivity index (χ1n) is 8.25. The van der Waals surface area contributed by atoms with Crippen LogP contribution in [-0.4, -0.2) is 41.1 Å². The van der Waals surface area contributed by atoms with Crippen molar-refractivity contribution in [3.63, 3.8) is 0 Å². The standard InChI is InChI=1S/C16H30N2O3/c1-4-6-7-14(15(19)20)17-16(21)18(3)13-10-8-12(5-2)9-11-13/h12-14H,4-11H2,1-3H3,(H,17,21)(H,19,20)/t12?,13?,14-/m0/s1. The molecule has 1 rings (SSSR count). The summed E-state index contributed by atoms with van der Waals surface area (Å²) in [5.74, 6) is -0.158. The van der Waals surface area contributed by atoms with Gasteiger partial charge in [0.15, 0.2) is 0 Å². The molecule has 5 heteroatoms. The Kier molecular flexibility index (Phi) is 7.54. The highest BCUT2D eigenvalue weighted by Crippen LogP contribution is 2.28. The minimum absolute atomic E-state index is 0.244. The number of hydrogen-bond acceptors (Lipinski definition) is 2. The van der Waals surface area contributed by atoms with Crippen molar-refractivity contribution >= 4 is 12.0 Å². The Morgan fingerprint density at radius 2 is 1.86 bits per heavy atom. The van der Waals surface area contributed by atoms with Crippen LogP contribution in [0.4, 0.5) is 4.79 Å². The molecule has 0 aromatic rings. The summed E-state index contributed by atoms with van der Waals surface area (Å²) in [7, 11) is 1.78. The molecule has 0 bridgehead atoms. The van der Waals surface area contributed by atoms with E-state index in [1.54, 1.807) is 11.9 Å². The highest BCUT2D eigenvalue weighted by atomic mass is 16.4. The molecule has 0 spiro atoms. The monoisotopic (exact) mass is 298 g/mol. The Bertz CT molecular complexity index is 338. The fourth-order valence-corrected chi connectivity index (χ4v) is 3.02. The van der Waals surface area contributed by atoms with Crippen LogP contribution in [0.2, 0.25) is 0 Å². The summed E-state index contributed by atoms with van der Waals surface area (Å²) in [6, 6.07) is -0.779. The fourth-order valence-electron chi connectivity index (χ4n) is 3.02. The number of aliphatic carboxylic acids is 1. The van der Waals surface area contributed by atoms with Gasteiger partial charge in [-0.3, -0.25) is 0 Å². The van der Waals surface area contributed by atoms with Crippen LogP contribution in [0.3, 0.4) is 0 Å². The number of carboxylic acids is 1. The van der Waals surface area contributed by atoms with E-state index >= 15 is 0 Å². The molecule has 21 heavy (non-hydrogen) atoms. The van der Waals surface area contributed by atoms with Crippen LogP contribution in [0.25, 0.3) is 0 Å². The lowest BCUT2D eigenvalue weighted by molar-refractivity contribution is -0.139. The summed E-state index contributed by atoms with van der Waals surface area (Å²) in [6.07, 6.45) is 7.81. The van der Waals surface area contributed by atoms with Gasteiger partial charge in [-0.2, -0.15) is 0 Å². The van der Waals surface area contributed by atoms with Gasteiger partial charge in [-0.15, -0.1) is 0 Å². The maximum Gasteiger partial charge on any atom is 0.326 e.